The number of benzene rings is 1. The molecule has 0 saturated heterocycles. The first-order valence-corrected chi connectivity index (χ1v) is 12.1. The molecule has 1 aromatic heterocycles. The first kappa shape index (κ1) is 25.2. The van der Waals surface area contributed by atoms with E-state index in [0.717, 1.165) is 21.6 Å². The van der Waals surface area contributed by atoms with Gasteiger partial charge in [-0.2, -0.15) is 0 Å². The van der Waals surface area contributed by atoms with Gasteiger partial charge in [0.1, 0.15) is 22.0 Å². The van der Waals surface area contributed by atoms with Crippen LogP contribution in [-0.4, -0.2) is 21.8 Å². The van der Waals surface area contributed by atoms with Gasteiger partial charge >= 0.3 is 5.97 Å². The van der Waals surface area contributed by atoms with E-state index in [0.29, 0.717) is 24.3 Å². The quantitative estimate of drug-likeness (QED) is 0.345. The highest BCUT2D eigenvalue weighted by Gasteiger charge is 2.45. The Labute approximate surface area is 200 Å². The first-order chi connectivity index (χ1) is 15.4. The highest BCUT2D eigenvalue weighted by atomic mass is 32.2. The van der Waals surface area contributed by atoms with Gasteiger partial charge in [-0.3, -0.25) is 0 Å². The van der Waals surface area contributed by atoms with Gasteiger partial charge in [0.25, 0.3) is 0 Å². The predicted octanol–water partition coefficient (Wildman–Crippen LogP) is 5.80. The number of ether oxygens (including phenoxy) is 1. The number of aliphatic hydroxyl groups excluding tert-OH is 2. The topological polar surface area (TPSA) is 106 Å². The fourth-order valence-electron chi connectivity index (χ4n) is 4.13. The number of carbonyl (C=O) groups excluding carboxylic acids is 1. The predicted molar refractivity (Wildman–Crippen MR) is 131 cm³/mol. The number of nitrogens with two attached hydrogens (primary N) is 1. The Balaban J connectivity index is 1.91. The van der Waals surface area contributed by atoms with E-state index in [1.54, 1.807) is 12.3 Å². The highest BCUT2D eigenvalue weighted by molar-refractivity contribution is 8.04. The van der Waals surface area contributed by atoms with Crippen LogP contribution in [0.3, 0.4) is 0 Å². The van der Waals surface area contributed by atoms with E-state index in [-0.39, 0.29) is 35.0 Å². The minimum Gasteiger partial charge on any atom is -0.511 e. The lowest BCUT2D eigenvalue weighted by atomic mass is 9.80. The molecule has 33 heavy (non-hydrogen) atoms. The molecule has 1 aliphatic heterocycles. The molecule has 180 valence electrons. The normalized spacial score (nSPS) is 19.3. The average Bonchev–Trinajstić information content (AvgIpc) is 3.18. The van der Waals surface area contributed by atoms with Gasteiger partial charge in [0.2, 0.25) is 0 Å². The van der Waals surface area contributed by atoms with Gasteiger partial charge in [-0.05, 0) is 54.0 Å². The van der Waals surface area contributed by atoms with E-state index < -0.39 is 11.6 Å². The van der Waals surface area contributed by atoms with E-state index in [1.807, 2.05) is 32.9 Å². The van der Waals surface area contributed by atoms with Crippen LogP contribution in [0.15, 0.2) is 44.4 Å². The summed E-state index contributed by atoms with van der Waals surface area (Å²) < 4.78 is 11.5. The molecule has 4 N–H and O–H groups in total. The van der Waals surface area contributed by atoms with Crippen molar-refractivity contribution in [1.29, 1.82) is 0 Å². The average molecular weight is 474 g/mol. The molecule has 7 heteroatoms. The molecule has 1 aromatic carbocycles. The summed E-state index contributed by atoms with van der Waals surface area (Å²) >= 11 is 1.24. The fourth-order valence-corrected chi connectivity index (χ4v) is 5.38. The smallest absolute Gasteiger partial charge is 0.349 e. The maximum atomic E-state index is 13.2. The highest BCUT2D eigenvalue weighted by Crippen LogP contribution is 2.45. The Kier molecular flexibility index (Phi) is 7.24. The zero-order valence-corrected chi connectivity index (χ0v) is 21.1. The summed E-state index contributed by atoms with van der Waals surface area (Å²) in [6.45, 7) is 12.1. The van der Waals surface area contributed by atoms with Crippen LogP contribution in [0.25, 0.3) is 0 Å². The minimum absolute atomic E-state index is 0.0217. The maximum Gasteiger partial charge on any atom is 0.349 e. The number of hydrogen-bond donors (Lipinski definition) is 3. The third-order valence-electron chi connectivity index (χ3n) is 6.43. The summed E-state index contributed by atoms with van der Waals surface area (Å²) in [5.41, 5.74) is 8.47. The van der Waals surface area contributed by atoms with Crippen molar-refractivity contribution in [3.8, 4) is 0 Å². The number of carbonyl (C=O) groups is 1. The van der Waals surface area contributed by atoms with Crippen LogP contribution < -0.4 is 5.73 Å². The van der Waals surface area contributed by atoms with Crippen molar-refractivity contribution in [2.24, 2.45) is 5.92 Å². The second-order valence-electron chi connectivity index (χ2n) is 10.1. The zero-order valence-electron chi connectivity index (χ0n) is 20.3. The van der Waals surface area contributed by atoms with Crippen LogP contribution in [0.2, 0.25) is 0 Å². The summed E-state index contributed by atoms with van der Waals surface area (Å²) in [6.07, 6.45) is 2.75. The molecule has 2 aromatic rings. The van der Waals surface area contributed by atoms with Crippen molar-refractivity contribution in [2.75, 3.05) is 5.73 Å². The number of furan rings is 1. The number of nitrogen functional groups attached to an aromatic ring is 1. The van der Waals surface area contributed by atoms with E-state index >= 15 is 0 Å². The summed E-state index contributed by atoms with van der Waals surface area (Å²) in [6, 6.07) is 5.65. The molecule has 0 saturated carbocycles. The van der Waals surface area contributed by atoms with E-state index in [2.05, 4.69) is 20.8 Å². The van der Waals surface area contributed by atoms with Crippen LogP contribution in [0.4, 0.5) is 5.69 Å². The Morgan fingerprint density at radius 1 is 1.27 bits per heavy atom. The number of esters is 1. The summed E-state index contributed by atoms with van der Waals surface area (Å²) in [4.78, 5) is 14.3. The molecule has 2 heterocycles. The molecule has 0 bridgehead atoms. The van der Waals surface area contributed by atoms with E-state index in [9.17, 15) is 15.0 Å². The number of rotatable bonds is 7. The number of aryl methyl sites for hydroxylation is 2. The van der Waals surface area contributed by atoms with Crippen molar-refractivity contribution in [2.45, 2.75) is 83.3 Å². The second-order valence-corrected chi connectivity index (χ2v) is 11.2. The molecular formula is C26H35NO5S. The van der Waals surface area contributed by atoms with Crippen molar-refractivity contribution in [1.82, 2.24) is 0 Å². The summed E-state index contributed by atoms with van der Waals surface area (Å²) in [5.74, 6) is 0.172. The molecule has 0 aliphatic carbocycles. The lowest BCUT2D eigenvalue weighted by Crippen LogP contribution is -2.44. The second kappa shape index (κ2) is 9.47. The monoisotopic (exact) mass is 473 g/mol. The largest absolute Gasteiger partial charge is 0.511 e. The fraction of sp³-hybridized carbons (Fsp3) is 0.500. The van der Waals surface area contributed by atoms with Crippen molar-refractivity contribution in [3.63, 3.8) is 0 Å². The molecule has 3 rings (SSSR count). The summed E-state index contributed by atoms with van der Waals surface area (Å²) in [5, 5.41) is 20.5. The molecule has 1 atom stereocenters. The maximum absolute atomic E-state index is 13.2. The third kappa shape index (κ3) is 5.25. The molecule has 0 spiro atoms. The van der Waals surface area contributed by atoms with Crippen LogP contribution in [0, 0.1) is 12.8 Å². The van der Waals surface area contributed by atoms with Gasteiger partial charge in [-0.1, -0.05) is 46.4 Å². The molecule has 0 fully saturated rings. The Morgan fingerprint density at radius 2 is 1.97 bits per heavy atom. The molecule has 1 aliphatic rings. The van der Waals surface area contributed by atoms with Gasteiger partial charge in [0.15, 0.2) is 0 Å². The number of aliphatic hydroxyl groups is 2. The zero-order chi connectivity index (χ0) is 24.6. The minimum atomic E-state index is -0.853. The number of cyclic esters (lactones) is 1. The molecule has 0 amide bonds. The molecular weight excluding hydrogens is 438 g/mol. The SMILES string of the molecule is Cc1cc(SC2=C(O)CC(CCc3occc3CO)(C(C)C)OC2=O)c(C(C)(C)C)cc1N. The van der Waals surface area contributed by atoms with Gasteiger partial charge in [0.05, 0.1) is 12.9 Å². The van der Waals surface area contributed by atoms with Crippen LogP contribution >= 0.6 is 11.8 Å². The molecule has 1 unspecified atom stereocenters. The van der Waals surface area contributed by atoms with Gasteiger partial charge in [-0.15, -0.1) is 0 Å². The molecule has 6 nitrogen and oxygen atoms in total. The first-order valence-electron chi connectivity index (χ1n) is 11.3. The van der Waals surface area contributed by atoms with Crippen molar-refractivity contribution < 1.29 is 24.2 Å². The van der Waals surface area contributed by atoms with Crippen LogP contribution in [-0.2, 0) is 28.0 Å². The van der Waals surface area contributed by atoms with E-state index in [4.69, 9.17) is 14.9 Å². The van der Waals surface area contributed by atoms with Crippen molar-refractivity contribution >= 4 is 23.4 Å². The lowest BCUT2D eigenvalue weighted by Gasteiger charge is -2.40. The third-order valence-corrected chi connectivity index (χ3v) is 7.60. The van der Waals surface area contributed by atoms with Crippen LogP contribution in [0.5, 0.6) is 0 Å². The van der Waals surface area contributed by atoms with Crippen LogP contribution in [0.1, 0.15) is 69.9 Å². The standard InChI is InChI=1S/C26H35NO5S/c1-15(2)26(9-7-21-17(14-28)8-10-31-21)13-20(29)23(24(30)32-26)33-22-11-16(3)19(27)12-18(22)25(4,5)6/h8,10-12,15,28-29H,7,9,13-14,27H2,1-6H3. The number of hydrogen-bond acceptors (Lipinski definition) is 7. The Morgan fingerprint density at radius 3 is 2.55 bits per heavy atom. The Bertz CT molecular complexity index is 1060. The van der Waals surface area contributed by atoms with Gasteiger partial charge < -0.3 is 25.1 Å². The van der Waals surface area contributed by atoms with Gasteiger partial charge in [-0.25, -0.2) is 4.79 Å². The van der Waals surface area contributed by atoms with Gasteiger partial charge in [0, 0.05) is 29.0 Å². The number of anilines is 1. The lowest BCUT2D eigenvalue weighted by molar-refractivity contribution is -0.164. The van der Waals surface area contributed by atoms with E-state index in [1.165, 1.54) is 11.8 Å². The van der Waals surface area contributed by atoms with Crippen molar-refractivity contribution in [3.05, 3.63) is 57.6 Å². The number of thioether (sulfide) groups is 1. The summed E-state index contributed by atoms with van der Waals surface area (Å²) in [7, 11) is 0. The Hall–Kier alpha value is -2.38. The molecule has 0 radical (unpaired) electrons.